The number of rotatable bonds is 3. The molecule has 0 atom stereocenters. The van der Waals surface area contributed by atoms with E-state index < -0.39 is 0 Å². The molecule has 3 rings (SSSR count). The largest absolute Gasteiger partial charge is 0.344 e. The van der Waals surface area contributed by atoms with Crippen molar-refractivity contribution in [2.75, 3.05) is 26.3 Å². The molecule has 0 radical (unpaired) electrons. The van der Waals surface area contributed by atoms with Gasteiger partial charge in [0.2, 0.25) is 6.29 Å². The molecule has 0 saturated carbocycles. The zero-order valence-electron chi connectivity index (χ0n) is 9.93. The number of likely N-dealkylation sites (tertiary alicyclic amines) is 1. The van der Waals surface area contributed by atoms with Gasteiger partial charge in [-0.15, -0.1) is 11.3 Å². The normalized spacial score (nSPS) is 23.3. The third-order valence-electron chi connectivity index (χ3n) is 3.22. The van der Waals surface area contributed by atoms with E-state index in [9.17, 15) is 0 Å². The number of hydrogen-bond donors (Lipinski definition) is 0. The van der Waals surface area contributed by atoms with E-state index in [1.54, 1.807) is 11.3 Å². The van der Waals surface area contributed by atoms with Crippen LogP contribution in [0.4, 0.5) is 0 Å². The number of nitrogens with zero attached hydrogens (tertiary/aromatic N) is 2. The highest BCUT2D eigenvalue weighted by molar-refractivity contribution is 7.11. The second-order valence-electron chi connectivity index (χ2n) is 4.58. The Kier molecular flexibility index (Phi) is 3.71. The SMILES string of the molecule is c1nc(C2OCCO2)sc1CN1CCCCC1. The molecule has 3 heterocycles. The summed E-state index contributed by atoms with van der Waals surface area (Å²) in [5.41, 5.74) is 0. The van der Waals surface area contributed by atoms with Crippen molar-refractivity contribution in [2.24, 2.45) is 0 Å². The molecule has 0 unspecified atom stereocenters. The molecule has 17 heavy (non-hydrogen) atoms. The molecule has 2 aliphatic rings. The van der Waals surface area contributed by atoms with E-state index in [2.05, 4.69) is 9.88 Å². The molecular weight excluding hydrogens is 236 g/mol. The van der Waals surface area contributed by atoms with Crippen LogP contribution in [0.15, 0.2) is 6.20 Å². The molecule has 2 fully saturated rings. The Labute approximate surface area is 106 Å². The lowest BCUT2D eigenvalue weighted by molar-refractivity contribution is -0.0442. The highest BCUT2D eigenvalue weighted by Crippen LogP contribution is 2.28. The monoisotopic (exact) mass is 254 g/mol. The topological polar surface area (TPSA) is 34.6 Å². The summed E-state index contributed by atoms with van der Waals surface area (Å²) < 4.78 is 10.9. The average Bonchev–Trinajstić information content (AvgIpc) is 3.00. The van der Waals surface area contributed by atoms with Crippen LogP contribution in [-0.2, 0) is 16.0 Å². The summed E-state index contributed by atoms with van der Waals surface area (Å²) in [6, 6.07) is 0. The molecule has 4 nitrogen and oxygen atoms in total. The van der Waals surface area contributed by atoms with Gasteiger partial charge in [0, 0.05) is 17.6 Å². The number of thiazole rings is 1. The number of aromatic nitrogens is 1. The second-order valence-corrected chi connectivity index (χ2v) is 5.72. The summed E-state index contributed by atoms with van der Waals surface area (Å²) >= 11 is 1.72. The molecule has 0 aliphatic carbocycles. The number of piperidine rings is 1. The van der Waals surface area contributed by atoms with E-state index in [0.717, 1.165) is 11.6 Å². The van der Waals surface area contributed by atoms with Crippen LogP contribution in [0.2, 0.25) is 0 Å². The molecule has 0 N–H and O–H groups in total. The molecule has 0 bridgehead atoms. The van der Waals surface area contributed by atoms with Crippen LogP contribution in [0.5, 0.6) is 0 Å². The van der Waals surface area contributed by atoms with Crippen LogP contribution < -0.4 is 0 Å². The highest BCUT2D eigenvalue weighted by atomic mass is 32.1. The van der Waals surface area contributed by atoms with E-state index in [0.29, 0.717) is 13.2 Å². The molecule has 2 aliphatic heterocycles. The summed E-state index contributed by atoms with van der Waals surface area (Å²) in [6.45, 7) is 4.86. The lowest BCUT2D eigenvalue weighted by atomic mass is 10.1. The number of ether oxygens (including phenoxy) is 2. The Balaban J connectivity index is 1.59. The van der Waals surface area contributed by atoms with Crippen LogP contribution in [-0.4, -0.2) is 36.2 Å². The number of hydrogen-bond acceptors (Lipinski definition) is 5. The van der Waals surface area contributed by atoms with Gasteiger partial charge in [0.1, 0.15) is 5.01 Å². The third kappa shape index (κ3) is 2.85. The maximum atomic E-state index is 5.45. The molecule has 2 saturated heterocycles. The molecule has 0 spiro atoms. The van der Waals surface area contributed by atoms with E-state index in [4.69, 9.17) is 9.47 Å². The zero-order valence-corrected chi connectivity index (χ0v) is 10.7. The Morgan fingerprint density at radius 1 is 1.24 bits per heavy atom. The Bertz CT molecular complexity index is 357. The fourth-order valence-corrected chi connectivity index (χ4v) is 3.30. The first-order valence-corrected chi connectivity index (χ1v) is 7.13. The Morgan fingerprint density at radius 2 is 2.00 bits per heavy atom. The summed E-state index contributed by atoms with van der Waals surface area (Å²) in [5.74, 6) is 0. The van der Waals surface area contributed by atoms with Crippen molar-refractivity contribution in [3.05, 3.63) is 16.1 Å². The predicted octanol–water partition coefficient (Wildman–Crippen LogP) is 2.17. The van der Waals surface area contributed by atoms with Crippen LogP contribution in [0.1, 0.15) is 35.4 Å². The summed E-state index contributed by atoms with van der Waals surface area (Å²) in [5, 5.41) is 0.967. The minimum Gasteiger partial charge on any atom is -0.344 e. The predicted molar refractivity (Wildman–Crippen MR) is 65.9 cm³/mol. The van der Waals surface area contributed by atoms with E-state index >= 15 is 0 Å². The fraction of sp³-hybridized carbons (Fsp3) is 0.750. The Hall–Kier alpha value is -0.490. The second kappa shape index (κ2) is 5.44. The molecule has 1 aromatic heterocycles. The van der Waals surface area contributed by atoms with Gasteiger partial charge in [-0.3, -0.25) is 4.90 Å². The third-order valence-corrected chi connectivity index (χ3v) is 4.23. The highest BCUT2D eigenvalue weighted by Gasteiger charge is 2.22. The van der Waals surface area contributed by atoms with E-state index in [1.807, 2.05) is 6.20 Å². The smallest absolute Gasteiger partial charge is 0.211 e. The summed E-state index contributed by atoms with van der Waals surface area (Å²) in [4.78, 5) is 8.24. The first kappa shape index (κ1) is 11.6. The summed E-state index contributed by atoms with van der Waals surface area (Å²) in [6.07, 6.45) is 5.81. The van der Waals surface area contributed by atoms with Crippen LogP contribution in [0.25, 0.3) is 0 Å². The van der Waals surface area contributed by atoms with Gasteiger partial charge in [-0.05, 0) is 25.9 Å². The lowest BCUT2D eigenvalue weighted by Crippen LogP contribution is -2.28. The van der Waals surface area contributed by atoms with Crippen molar-refractivity contribution < 1.29 is 9.47 Å². The van der Waals surface area contributed by atoms with Gasteiger partial charge in [0.25, 0.3) is 0 Å². The summed E-state index contributed by atoms with van der Waals surface area (Å²) in [7, 11) is 0. The lowest BCUT2D eigenvalue weighted by Gasteiger charge is -2.25. The van der Waals surface area contributed by atoms with Crippen molar-refractivity contribution >= 4 is 11.3 Å². The van der Waals surface area contributed by atoms with E-state index in [-0.39, 0.29) is 6.29 Å². The molecule has 5 heteroatoms. The molecular formula is C12H18N2O2S. The molecule has 0 amide bonds. The first-order valence-electron chi connectivity index (χ1n) is 6.32. The van der Waals surface area contributed by atoms with Gasteiger partial charge in [-0.25, -0.2) is 4.98 Å². The van der Waals surface area contributed by atoms with E-state index in [1.165, 1.54) is 37.2 Å². The van der Waals surface area contributed by atoms with Gasteiger partial charge >= 0.3 is 0 Å². The van der Waals surface area contributed by atoms with Gasteiger partial charge in [0.15, 0.2) is 0 Å². The first-order chi connectivity index (χ1) is 8.42. The maximum absolute atomic E-state index is 5.45. The van der Waals surface area contributed by atoms with Gasteiger partial charge in [0.05, 0.1) is 13.2 Å². The minimum absolute atomic E-state index is 0.213. The maximum Gasteiger partial charge on any atom is 0.211 e. The van der Waals surface area contributed by atoms with Gasteiger partial charge < -0.3 is 9.47 Å². The standard InChI is InChI=1S/C12H18N2O2S/c1-2-4-14(5-3-1)9-10-8-13-11(17-10)12-15-6-7-16-12/h8,12H,1-7,9H2. The van der Waals surface area contributed by atoms with Crippen LogP contribution >= 0.6 is 11.3 Å². The molecule has 94 valence electrons. The van der Waals surface area contributed by atoms with Crippen molar-refractivity contribution in [1.29, 1.82) is 0 Å². The van der Waals surface area contributed by atoms with Crippen molar-refractivity contribution in [3.8, 4) is 0 Å². The molecule has 0 aromatic carbocycles. The van der Waals surface area contributed by atoms with Gasteiger partial charge in [-0.2, -0.15) is 0 Å². The fourth-order valence-electron chi connectivity index (χ4n) is 2.34. The quantitative estimate of drug-likeness (QED) is 0.828. The van der Waals surface area contributed by atoms with Crippen LogP contribution in [0, 0.1) is 0 Å². The Morgan fingerprint density at radius 3 is 2.76 bits per heavy atom. The van der Waals surface area contributed by atoms with Crippen molar-refractivity contribution in [3.63, 3.8) is 0 Å². The minimum atomic E-state index is -0.213. The molecule has 1 aromatic rings. The van der Waals surface area contributed by atoms with Crippen LogP contribution in [0.3, 0.4) is 0 Å². The average molecular weight is 254 g/mol. The van der Waals surface area contributed by atoms with Crippen molar-refractivity contribution in [2.45, 2.75) is 32.1 Å². The zero-order chi connectivity index (χ0) is 11.5. The van der Waals surface area contributed by atoms with Gasteiger partial charge in [-0.1, -0.05) is 6.42 Å². The van der Waals surface area contributed by atoms with Crippen molar-refractivity contribution in [1.82, 2.24) is 9.88 Å².